The first-order valence-corrected chi connectivity index (χ1v) is 19.3. The monoisotopic (exact) mass is 800 g/mol. The molecule has 1 aromatic heterocycles. The number of nitrogens with one attached hydrogen (secondary N) is 7. The van der Waals surface area contributed by atoms with Gasteiger partial charge in [0.05, 0.1) is 19.6 Å². The molecule has 5 atom stereocenters. The maximum absolute atomic E-state index is 14.3. The second-order valence-electron chi connectivity index (χ2n) is 15.2. The molecule has 0 bridgehead atoms. The first kappa shape index (κ1) is 42.9. The fourth-order valence-electron chi connectivity index (χ4n) is 7.04. The number of allylic oxidation sites excluding steroid dienone is 2. The summed E-state index contributed by atoms with van der Waals surface area (Å²) in [5.74, 6) is -5.63. The number of phenolic OH excluding ortho intramolecular Hbond substituents is 1. The molecular formula is C41H52N8O9. The number of aromatic amines is 1. The van der Waals surface area contributed by atoms with Crippen LogP contribution in [0.15, 0.2) is 60.3 Å². The molecule has 2 unspecified atom stereocenters. The van der Waals surface area contributed by atoms with Crippen molar-refractivity contribution in [2.24, 2.45) is 5.92 Å². The summed E-state index contributed by atoms with van der Waals surface area (Å²) in [6, 6.07) is 6.72. The molecule has 17 nitrogen and oxygen atoms in total. The van der Waals surface area contributed by atoms with Gasteiger partial charge in [-0.3, -0.25) is 33.6 Å². The maximum Gasteiger partial charge on any atom is 0.246 e. The Kier molecular flexibility index (Phi) is 14.3. The molecule has 310 valence electrons. The molecule has 7 amide bonds. The summed E-state index contributed by atoms with van der Waals surface area (Å²) < 4.78 is 0. The molecule has 2 fully saturated rings. The number of H-pyrrole nitrogens is 1. The number of aliphatic hydroxyl groups is 1. The molecule has 2 aromatic carbocycles. The van der Waals surface area contributed by atoms with Crippen LogP contribution in [0.3, 0.4) is 0 Å². The second-order valence-corrected chi connectivity index (χ2v) is 15.2. The number of carbonyl (C=O) groups excluding carboxylic acids is 7. The molecule has 3 aromatic rings. The maximum atomic E-state index is 14.3. The number of carbonyl (C=O) groups is 7. The lowest BCUT2D eigenvalue weighted by molar-refractivity contribution is -0.141. The summed E-state index contributed by atoms with van der Waals surface area (Å²) in [5, 5.41) is 38.0. The van der Waals surface area contributed by atoms with Crippen LogP contribution in [0.1, 0.15) is 63.3 Å². The van der Waals surface area contributed by atoms with E-state index in [-0.39, 0.29) is 24.3 Å². The van der Waals surface area contributed by atoms with Crippen LogP contribution in [0.4, 0.5) is 0 Å². The number of nitrogens with zero attached hydrogens (tertiary/aromatic N) is 1. The highest BCUT2D eigenvalue weighted by atomic mass is 16.3. The van der Waals surface area contributed by atoms with Gasteiger partial charge in [0, 0.05) is 30.1 Å². The van der Waals surface area contributed by atoms with E-state index in [0.717, 1.165) is 16.5 Å². The second kappa shape index (κ2) is 19.3. The van der Waals surface area contributed by atoms with Crippen LogP contribution >= 0.6 is 0 Å². The number of para-hydroxylation sites is 1. The topological polar surface area (TPSA) is 251 Å². The van der Waals surface area contributed by atoms with E-state index in [1.807, 2.05) is 44.2 Å². The van der Waals surface area contributed by atoms with Crippen molar-refractivity contribution in [2.75, 3.05) is 26.2 Å². The number of benzene rings is 2. The molecule has 0 saturated carbocycles. The lowest BCUT2D eigenvalue weighted by Gasteiger charge is -2.29. The van der Waals surface area contributed by atoms with Gasteiger partial charge in [-0.1, -0.05) is 49.8 Å². The van der Waals surface area contributed by atoms with Crippen LogP contribution < -0.4 is 31.9 Å². The van der Waals surface area contributed by atoms with Gasteiger partial charge < -0.3 is 52.0 Å². The molecule has 0 aliphatic carbocycles. The Morgan fingerprint density at radius 1 is 0.810 bits per heavy atom. The summed E-state index contributed by atoms with van der Waals surface area (Å²) >= 11 is 0. The van der Waals surface area contributed by atoms with Crippen molar-refractivity contribution in [2.45, 2.75) is 83.6 Å². The van der Waals surface area contributed by atoms with E-state index >= 15 is 0 Å². The fraction of sp³-hybridized carbons (Fsp3) is 0.439. The number of phenols is 1. The Morgan fingerprint density at radius 2 is 1.43 bits per heavy atom. The number of fused-ring (bicyclic) bond motifs is 2. The zero-order valence-corrected chi connectivity index (χ0v) is 33.0. The Morgan fingerprint density at radius 3 is 2.10 bits per heavy atom. The smallest absolute Gasteiger partial charge is 0.246 e. The zero-order valence-electron chi connectivity index (χ0n) is 33.0. The molecule has 5 rings (SSSR count). The van der Waals surface area contributed by atoms with Crippen molar-refractivity contribution in [3.63, 3.8) is 0 Å². The molecule has 2 aliphatic rings. The fourth-order valence-corrected chi connectivity index (χ4v) is 7.04. The van der Waals surface area contributed by atoms with Crippen molar-refractivity contribution in [1.29, 1.82) is 0 Å². The Hall–Kier alpha value is -6.23. The van der Waals surface area contributed by atoms with Crippen LogP contribution in [0, 0.1) is 5.92 Å². The lowest BCUT2D eigenvalue weighted by atomic mass is 9.97. The molecule has 2 aliphatic heterocycles. The summed E-state index contributed by atoms with van der Waals surface area (Å²) in [4.78, 5) is 99.0. The van der Waals surface area contributed by atoms with Gasteiger partial charge in [-0.05, 0) is 73.9 Å². The van der Waals surface area contributed by atoms with E-state index in [1.54, 1.807) is 20.0 Å². The van der Waals surface area contributed by atoms with Crippen LogP contribution in [0.2, 0.25) is 0 Å². The summed E-state index contributed by atoms with van der Waals surface area (Å²) in [6.45, 7) is 5.52. The van der Waals surface area contributed by atoms with Crippen molar-refractivity contribution < 1.29 is 43.8 Å². The minimum absolute atomic E-state index is 0.0285. The third-order valence-corrected chi connectivity index (χ3v) is 10.2. The first-order chi connectivity index (χ1) is 27.6. The number of aromatic hydroxyl groups is 1. The van der Waals surface area contributed by atoms with Crippen LogP contribution in [-0.4, -0.2) is 112 Å². The molecule has 3 heterocycles. The predicted molar refractivity (Wildman–Crippen MR) is 213 cm³/mol. The van der Waals surface area contributed by atoms with E-state index in [0.29, 0.717) is 30.4 Å². The Labute approximate surface area is 335 Å². The summed E-state index contributed by atoms with van der Waals surface area (Å²) in [7, 11) is 0. The lowest BCUT2D eigenvalue weighted by Crippen LogP contribution is -2.56. The molecule has 0 radical (unpaired) electrons. The molecule has 17 heteroatoms. The minimum atomic E-state index is -1.70. The highest BCUT2D eigenvalue weighted by Crippen LogP contribution is 2.26. The summed E-state index contributed by atoms with van der Waals surface area (Å²) in [5.41, 5.74) is 3.13. The van der Waals surface area contributed by atoms with Crippen LogP contribution in [-0.2, 0) is 46.4 Å². The van der Waals surface area contributed by atoms with Gasteiger partial charge in [-0.15, -0.1) is 0 Å². The average molecular weight is 801 g/mol. The third kappa shape index (κ3) is 10.8. The van der Waals surface area contributed by atoms with Crippen molar-refractivity contribution in [3.05, 3.63) is 77.0 Å². The third-order valence-electron chi connectivity index (χ3n) is 10.2. The average Bonchev–Trinajstić information content (AvgIpc) is 3.85. The molecule has 9 N–H and O–H groups in total. The number of aromatic nitrogens is 1. The van der Waals surface area contributed by atoms with E-state index in [4.69, 9.17) is 0 Å². The van der Waals surface area contributed by atoms with Gasteiger partial charge in [-0.2, -0.15) is 0 Å². The standard InChI is InChI=1S/C41H52N8O9/c1-22(2)11-12-24-16-25(13-14-31(24)50)37(54)36-40(57)45-19-32(51)46-29(17-26-18-42-28-9-6-5-8-27(26)28)41(58)49-15-7-10-30(49)38(55)43-20-33(52)47-35(23(3)4)39(56)44-21-34(53)48-36/h5-6,8-9,11,13-14,16,18,23,29-30,35-37,42,50,54H,7,10,12,15,17,19-21H2,1-4H3,(H,43,55)(H,44,56)(H,45,57)(H,46,51)(H,47,52)(H,48,53)/t29-,30-,35-,36?,37?/m0/s1. The molecule has 58 heavy (non-hydrogen) atoms. The molecule has 0 spiro atoms. The van der Waals surface area contributed by atoms with Crippen molar-refractivity contribution >= 4 is 52.3 Å². The quantitative estimate of drug-likeness (QED) is 0.147. The Bertz CT molecular complexity index is 2070. The summed E-state index contributed by atoms with van der Waals surface area (Å²) in [6.07, 6.45) is 3.05. The molecular weight excluding hydrogens is 748 g/mol. The highest BCUT2D eigenvalue weighted by Gasteiger charge is 2.39. The van der Waals surface area contributed by atoms with Gasteiger partial charge in [0.25, 0.3) is 0 Å². The number of hydrogen-bond donors (Lipinski definition) is 9. The van der Waals surface area contributed by atoms with E-state index in [1.165, 1.54) is 23.1 Å². The first-order valence-electron chi connectivity index (χ1n) is 19.3. The molecule has 2 saturated heterocycles. The van der Waals surface area contributed by atoms with Crippen molar-refractivity contribution in [3.8, 4) is 5.75 Å². The van der Waals surface area contributed by atoms with Gasteiger partial charge in [-0.25, -0.2) is 0 Å². The van der Waals surface area contributed by atoms with Crippen molar-refractivity contribution in [1.82, 2.24) is 41.8 Å². The van der Waals surface area contributed by atoms with Gasteiger partial charge in [0.1, 0.15) is 36.0 Å². The minimum Gasteiger partial charge on any atom is -0.508 e. The normalized spacial score (nSPS) is 22.4. The van der Waals surface area contributed by atoms with Gasteiger partial charge in [0.15, 0.2) is 0 Å². The largest absolute Gasteiger partial charge is 0.508 e. The Balaban J connectivity index is 1.46. The van der Waals surface area contributed by atoms with E-state index in [9.17, 15) is 43.8 Å². The SMILES string of the molecule is CC(C)=CCc1cc(C(O)C2NC(=O)CNC(=O)[C@H](C(C)C)NC(=O)CNC(=O)[C@@H]3CCCN3C(=O)[C@H](Cc3c[nH]c4ccccc34)NC(=O)CNC2=O)ccc1O. The highest BCUT2D eigenvalue weighted by molar-refractivity contribution is 5.97. The van der Waals surface area contributed by atoms with E-state index < -0.39 is 97.2 Å². The van der Waals surface area contributed by atoms with Gasteiger partial charge in [0.2, 0.25) is 41.4 Å². The van der Waals surface area contributed by atoms with Crippen LogP contribution in [0.25, 0.3) is 10.9 Å². The van der Waals surface area contributed by atoms with Crippen LogP contribution in [0.5, 0.6) is 5.75 Å². The van der Waals surface area contributed by atoms with Gasteiger partial charge >= 0.3 is 0 Å². The number of hydrogen-bond acceptors (Lipinski definition) is 9. The van der Waals surface area contributed by atoms with E-state index in [2.05, 4.69) is 36.9 Å². The number of aliphatic hydroxyl groups excluding tert-OH is 1. The number of amides is 7. The predicted octanol–water partition coefficient (Wildman–Crippen LogP) is 0.122. The zero-order chi connectivity index (χ0) is 42.1. The number of rotatable bonds is 7.